The van der Waals surface area contributed by atoms with Gasteiger partial charge in [0.2, 0.25) is 5.78 Å². The SMILES string of the molecule is CON=CC(=NNc1ccc(OC)cc1)C(=O)c1ccc(Br)cc1. The molecule has 6 nitrogen and oxygen atoms in total. The standard InChI is InChI=1S/C17H16BrN3O3/c1-23-15-9-7-14(8-10-15)20-21-16(11-19-24-2)17(22)12-3-5-13(18)6-4-12/h3-11,20H,1-2H3. The number of hydrogen-bond acceptors (Lipinski definition) is 6. The molecule has 1 N–H and O–H groups in total. The van der Waals surface area contributed by atoms with E-state index in [0.717, 1.165) is 10.2 Å². The maximum absolute atomic E-state index is 12.5. The number of ether oxygens (including phenoxy) is 1. The number of Topliss-reactive ketones (excluding diaryl/α,β-unsaturated/α-hetero) is 1. The number of hydrogen-bond donors (Lipinski definition) is 1. The molecule has 0 heterocycles. The summed E-state index contributed by atoms with van der Waals surface area (Å²) in [5.74, 6) is 0.459. The maximum Gasteiger partial charge on any atom is 0.214 e. The summed E-state index contributed by atoms with van der Waals surface area (Å²) in [6.07, 6.45) is 1.26. The second-order valence-corrected chi connectivity index (χ2v) is 5.51. The lowest BCUT2D eigenvalue weighted by Crippen LogP contribution is -2.17. The monoisotopic (exact) mass is 389 g/mol. The fraction of sp³-hybridized carbons (Fsp3) is 0.118. The molecule has 0 fully saturated rings. The molecular weight excluding hydrogens is 374 g/mol. The Hall–Kier alpha value is -2.67. The Bertz CT molecular complexity index is 741. The summed E-state index contributed by atoms with van der Waals surface area (Å²) < 4.78 is 5.98. The van der Waals surface area contributed by atoms with Crippen LogP contribution in [-0.2, 0) is 4.84 Å². The highest BCUT2D eigenvalue weighted by Crippen LogP contribution is 2.15. The number of carbonyl (C=O) groups excluding carboxylic acids is 1. The van der Waals surface area contributed by atoms with E-state index < -0.39 is 0 Å². The summed E-state index contributed by atoms with van der Waals surface area (Å²) in [4.78, 5) is 17.2. The van der Waals surface area contributed by atoms with Crippen molar-refractivity contribution in [2.24, 2.45) is 10.3 Å². The van der Waals surface area contributed by atoms with Crippen LogP contribution in [-0.4, -0.2) is 31.9 Å². The average molecular weight is 390 g/mol. The lowest BCUT2D eigenvalue weighted by atomic mass is 10.1. The van der Waals surface area contributed by atoms with Gasteiger partial charge in [0.1, 0.15) is 12.9 Å². The fourth-order valence-corrected chi connectivity index (χ4v) is 2.04. The lowest BCUT2D eigenvalue weighted by Gasteiger charge is -2.05. The highest BCUT2D eigenvalue weighted by atomic mass is 79.9. The van der Waals surface area contributed by atoms with E-state index in [9.17, 15) is 4.79 Å². The minimum absolute atomic E-state index is 0.120. The number of ketones is 1. The van der Waals surface area contributed by atoms with Crippen LogP contribution in [0.3, 0.4) is 0 Å². The van der Waals surface area contributed by atoms with Crippen LogP contribution in [0.15, 0.2) is 63.3 Å². The van der Waals surface area contributed by atoms with Gasteiger partial charge in [-0.2, -0.15) is 5.10 Å². The largest absolute Gasteiger partial charge is 0.497 e. The fourth-order valence-electron chi connectivity index (χ4n) is 1.78. The predicted molar refractivity (Wildman–Crippen MR) is 98.0 cm³/mol. The molecule has 0 unspecified atom stereocenters. The molecule has 24 heavy (non-hydrogen) atoms. The predicted octanol–water partition coefficient (Wildman–Crippen LogP) is 3.74. The van der Waals surface area contributed by atoms with Crippen LogP contribution in [0.2, 0.25) is 0 Å². The normalized spacial score (nSPS) is 11.4. The van der Waals surface area contributed by atoms with Gasteiger partial charge in [0.05, 0.1) is 19.0 Å². The molecule has 2 aromatic rings. The topological polar surface area (TPSA) is 72.3 Å². The molecule has 0 radical (unpaired) electrons. The summed E-state index contributed by atoms with van der Waals surface area (Å²) in [5, 5.41) is 7.75. The van der Waals surface area contributed by atoms with Crippen molar-refractivity contribution in [2.45, 2.75) is 0 Å². The first-order valence-electron chi connectivity index (χ1n) is 6.98. The van der Waals surface area contributed by atoms with Crippen LogP contribution < -0.4 is 10.2 Å². The molecule has 0 atom stereocenters. The second kappa shape index (κ2) is 8.83. The Morgan fingerprint density at radius 3 is 2.33 bits per heavy atom. The zero-order valence-corrected chi connectivity index (χ0v) is 14.8. The minimum Gasteiger partial charge on any atom is -0.497 e. The first-order chi connectivity index (χ1) is 11.6. The molecule has 7 heteroatoms. The van der Waals surface area contributed by atoms with Crippen molar-refractivity contribution in [2.75, 3.05) is 19.6 Å². The van der Waals surface area contributed by atoms with Gasteiger partial charge in [-0.05, 0) is 48.5 Å². The zero-order valence-electron chi connectivity index (χ0n) is 13.2. The van der Waals surface area contributed by atoms with Crippen molar-refractivity contribution < 1.29 is 14.4 Å². The first kappa shape index (κ1) is 17.7. The van der Waals surface area contributed by atoms with E-state index in [0.29, 0.717) is 11.3 Å². The molecule has 0 bridgehead atoms. The van der Waals surface area contributed by atoms with Gasteiger partial charge >= 0.3 is 0 Å². The number of benzene rings is 2. The summed E-state index contributed by atoms with van der Waals surface area (Å²) in [6.45, 7) is 0. The Morgan fingerprint density at radius 2 is 1.75 bits per heavy atom. The third-order valence-corrected chi connectivity index (χ3v) is 3.54. The minimum atomic E-state index is -0.274. The maximum atomic E-state index is 12.5. The van der Waals surface area contributed by atoms with E-state index in [2.05, 4.69) is 36.5 Å². The van der Waals surface area contributed by atoms with Crippen molar-refractivity contribution in [3.63, 3.8) is 0 Å². The molecule has 0 aliphatic heterocycles. The van der Waals surface area contributed by atoms with Crippen molar-refractivity contribution in [1.82, 2.24) is 0 Å². The van der Waals surface area contributed by atoms with Gasteiger partial charge in [0, 0.05) is 10.0 Å². The van der Waals surface area contributed by atoms with Crippen LogP contribution in [0.1, 0.15) is 10.4 Å². The number of nitrogens with one attached hydrogen (secondary N) is 1. The number of anilines is 1. The summed E-state index contributed by atoms with van der Waals surface area (Å²) in [7, 11) is 2.99. The van der Waals surface area contributed by atoms with E-state index in [1.165, 1.54) is 13.3 Å². The highest BCUT2D eigenvalue weighted by molar-refractivity contribution is 9.10. The quantitative estimate of drug-likeness (QED) is 0.444. The molecular formula is C17H16BrN3O3. The molecule has 0 aliphatic rings. The third-order valence-electron chi connectivity index (χ3n) is 3.01. The van der Waals surface area contributed by atoms with Crippen LogP contribution in [0.5, 0.6) is 5.75 Å². The van der Waals surface area contributed by atoms with Gasteiger partial charge in [-0.1, -0.05) is 21.1 Å². The van der Waals surface area contributed by atoms with E-state index in [1.54, 1.807) is 55.6 Å². The zero-order chi connectivity index (χ0) is 17.4. The average Bonchev–Trinajstić information content (AvgIpc) is 2.62. The molecule has 0 spiro atoms. The second-order valence-electron chi connectivity index (χ2n) is 4.59. The van der Waals surface area contributed by atoms with Crippen LogP contribution in [0, 0.1) is 0 Å². The molecule has 0 aromatic heterocycles. The number of oxime groups is 1. The van der Waals surface area contributed by atoms with Gasteiger partial charge in [-0.3, -0.25) is 10.2 Å². The van der Waals surface area contributed by atoms with E-state index in [4.69, 9.17) is 4.74 Å². The number of carbonyl (C=O) groups is 1. The van der Waals surface area contributed by atoms with E-state index >= 15 is 0 Å². The lowest BCUT2D eigenvalue weighted by molar-refractivity contribution is 0.106. The number of rotatable bonds is 7. The Morgan fingerprint density at radius 1 is 1.08 bits per heavy atom. The van der Waals surface area contributed by atoms with Gasteiger partial charge in [0.25, 0.3) is 0 Å². The van der Waals surface area contributed by atoms with Crippen molar-refractivity contribution >= 4 is 39.3 Å². The number of methoxy groups -OCH3 is 1. The van der Waals surface area contributed by atoms with Gasteiger partial charge in [-0.15, -0.1) is 0 Å². The molecule has 2 aromatic carbocycles. The molecule has 0 aliphatic carbocycles. The summed E-state index contributed by atoms with van der Waals surface area (Å²) in [6, 6.07) is 14.1. The van der Waals surface area contributed by atoms with Crippen molar-refractivity contribution in [3.8, 4) is 5.75 Å². The van der Waals surface area contributed by atoms with Gasteiger partial charge < -0.3 is 9.57 Å². The van der Waals surface area contributed by atoms with Crippen molar-refractivity contribution in [1.29, 1.82) is 0 Å². The Labute approximate surface area is 148 Å². The Balaban J connectivity index is 2.21. The smallest absolute Gasteiger partial charge is 0.214 e. The molecule has 0 saturated heterocycles. The van der Waals surface area contributed by atoms with Crippen LogP contribution in [0.25, 0.3) is 0 Å². The number of halogens is 1. The summed E-state index contributed by atoms with van der Waals surface area (Å²) in [5.41, 5.74) is 4.15. The molecule has 2 rings (SSSR count). The highest BCUT2D eigenvalue weighted by Gasteiger charge is 2.13. The summed E-state index contributed by atoms with van der Waals surface area (Å²) >= 11 is 3.34. The first-order valence-corrected chi connectivity index (χ1v) is 7.78. The third kappa shape index (κ3) is 4.92. The molecule has 0 amide bonds. The van der Waals surface area contributed by atoms with Gasteiger partial charge in [0.15, 0.2) is 5.71 Å². The van der Waals surface area contributed by atoms with Gasteiger partial charge in [-0.25, -0.2) is 0 Å². The van der Waals surface area contributed by atoms with Crippen LogP contribution in [0.4, 0.5) is 5.69 Å². The molecule has 124 valence electrons. The van der Waals surface area contributed by atoms with E-state index in [1.807, 2.05) is 0 Å². The number of hydrazone groups is 1. The Kier molecular flexibility index (Phi) is 6.51. The molecule has 0 saturated carbocycles. The number of nitrogens with zero attached hydrogens (tertiary/aromatic N) is 2. The van der Waals surface area contributed by atoms with E-state index in [-0.39, 0.29) is 11.5 Å². The van der Waals surface area contributed by atoms with Crippen LogP contribution >= 0.6 is 15.9 Å². The van der Waals surface area contributed by atoms with Crippen molar-refractivity contribution in [3.05, 3.63) is 58.6 Å².